The molecule has 0 atom stereocenters. The van der Waals surface area contributed by atoms with Gasteiger partial charge in [-0.2, -0.15) is 0 Å². The zero-order valence-electron chi connectivity index (χ0n) is 9.78. The fourth-order valence-electron chi connectivity index (χ4n) is 1.53. The van der Waals surface area contributed by atoms with Crippen LogP contribution < -0.4 is 15.4 Å². The Kier molecular flexibility index (Phi) is 5.45. The monoisotopic (exact) mass is 243 g/mol. The van der Waals surface area contributed by atoms with Crippen molar-refractivity contribution in [1.82, 2.24) is 0 Å². The van der Waals surface area contributed by atoms with E-state index in [1.165, 1.54) is 0 Å². The molecule has 0 aliphatic carbocycles. The zero-order chi connectivity index (χ0) is 12.0. The van der Waals surface area contributed by atoms with Crippen molar-refractivity contribution in [2.75, 3.05) is 27.1 Å². The number of thioether (sulfide) groups is 1. The van der Waals surface area contributed by atoms with Crippen LogP contribution in [0.2, 0.25) is 0 Å². The maximum absolute atomic E-state index is 5.41. The van der Waals surface area contributed by atoms with Crippen LogP contribution in [0.1, 0.15) is 5.56 Å². The molecule has 0 saturated carbocycles. The molecule has 4 nitrogen and oxygen atoms in total. The van der Waals surface area contributed by atoms with Crippen LogP contribution >= 0.6 is 11.8 Å². The Morgan fingerprint density at radius 2 is 2.00 bits per heavy atom. The Morgan fingerprint density at radius 1 is 1.25 bits per heavy atom. The molecule has 0 saturated heterocycles. The van der Waals surface area contributed by atoms with Gasteiger partial charge in [0.1, 0.15) is 11.5 Å². The van der Waals surface area contributed by atoms with Gasteiger partial charge in [-0.15, -0.1) is 11.8 Å². The van der Waals surface area contributed by atoms with E-state index in [1.807, 2.05) is 18.4 Å². The second-order valence-corrected chi connectivity index (χ2v) is 3.93. The molecule has 90 valence electrons. The molecule has 0 radical (unpaired) electrons. The van der Waals surface area contributed by atoms with Crippen LogP contribution in [0.25, 0.3) is 0 Å². The lowest BCUT2D eigenvalue weighted by Gasteiger charge is -2.15. The van der Waals surface area contributed by atoms with Gasteiger partial charge in [-0.05, 0) is 17.9 Å². The molecule has 0 amide bonds. The maximum atomic E-state index is 5.41. The molecule has 0 aliphatic heterocycles. The number of hydrogen-bond donors (Lipinski definition) is 1. The zero-order valence-corrected chi connectivity index (χ0v) is 10.6. The van der Waals surface area contributed by atoms with Crippen molar-refractivity contribution in [3.8, 4) is 11.5 Å². The van der Waals surface area contributed by atoms with Crippen molar-refractivity contribution >= 4 is 11.8 Å². The summed E-state index contributed by atoms with van der Waals surface area (Å²) in [5, 5.41) is 0. The number of hydrogen-bond acceptors (Lipinski definition) is 5. The molecule has 0 heterocycles. The van der Waals surface area contributed by atoms with Gasteiger partial charge in [0.05, 0.1) is 25.7 Å². The molecule has 0 spiro atoms. The molecule has 2 N–H and O–H groups in total. The molecule has 0 bridgehead atoms. The average Bonchev–Trinajstić information content (AvgIpc) is 2.34. The van der Waals surface area contributed by atoms with Crippen LogP contribution in [-0.4, -0.2) is 27.1 Å². The summed E-state index contributed by atoms with van der Waals surface area (Å²) >= 11 is 1.60. The first-order chi connectivity index (χ1) is 7.78. The van der Waals surface area contributed by atoms with Gasteiger partial charge < -0.3 is 14.3 Å². The van der Waals surface area contributed by atoms with Gasteiger partial charge in [-0.1, -0.05) is 6.07 Å². The van der Waals surface area contributed by atoms with Crippen molar-refractivity contribution < 1.29 is 14.3 Å². The average molecular weight is 243 g/mol. The molecule has 0 aromatic heterocycles. The lowest BCUT2D eigenvalue weighted by molar-refractivity contribution is 0.140. The van der Waals surface area contributed by atoms with E-state index in [2.05, 4.69) is 4.84 Å². The predicted octanol–water partition coefficient (Wildman–Crippen LogP) is 1.86. The summed E-state index contributed by atoms with van der Waals surface area (Å²) in [6.07, 6.45) is 2.71. The van der Waals surface area contributed by atoms with Crippen molar-refractivity contribution in [3.05, 3.63) is 17.7 Å². The predicted molar refractivity (Wildman–Crippen MR) is 65.2 cm³/mol. The third-order valence-electron chi connectivity index (χ3n) is 2.27. The summed E-state index contributed by atoms with van der Waals surface area (Å²) in [4.78, 5) is 5.58. The van der Waals surface area contributed by atoms with E-state index < -0.39 is 0 Å². The Balaban J connectivity index is 3.10. The van der Waals surface area contributed by atoms with Gasteiger partial charge in [0.15, 0.2) is 0 Å². The number of benzene rings is 1. The molecule has 1 aromatic carbocycles. The van der Waals surface area contributed by atoms with Crippen molar-refractivity contribution in [2.45, 2.75) is 11.3 Å². The summed E-state index contributed by atoms with van der Waals surface area (Å²) in [6, 6.07) is 3.90. The highest BCUT2D eigenvalue weighted by molar-refractivity contribution is 7.98. The summed E-state index contributed by atoms with van der Waals surface area (Å²) in [7, 11) is 3.30. The van der Waals surface area contributed by atoms with E-state index in [9.17, 15) is 0 Å². The van der Waals surface area contributed by atoms with Gasteiger partial charge >= 0.3 is 0 Å². The second-order valence-electron chi connectivity index (χ2n) is 3.11. The Labute approximate surface area is 100 Å². The molecule has 16 heavy (non-hydrogen) atoms. The first-order valence-corrected chi connectivity index (χ1v) is 6.10. The topological polar surface area (TPSA) is 53.7 Å². The minimum absolute atomic E-state index is 0.469. The van der Waals surface area contributed by atoms with Crippen molar-refractivity contribution in [1.29, 1.82) is 0 Å². The standard InChI is InChI=1S/C11H17NO3S/c1-13-9-5-4-8(6-7-15-12)10(14-2)11(9)16-3/h4-5H,6-7,12H2,1-3H3. The smallest absolute Gasteiger partial charge is 0.139 e. The van der Waals surface area contributed by atoms with Crippen LogP contribution in [0.5, 0.6) is 11.5 Å². The van der Waals surface area contributed by atoms with Gasteiger partial charge in [0, 0.05) is 6.42 Å². The Hall–Kier alpha value is -0.910. The van der Waals surface area contributed by atoms with E-state index in [0.717, 1.165) is 28.4 Å². The molecule has 1 aromatic rings. The van der Waals surface area contributed by atoms with Gasteiger partial charge in [0.25, 0.3) is 0 Å². The first kappa shape index (κ1) is 13.2. The van der Waals surface area contributed by atoms with Crippen molar-refractivity contribution in [3.63, 3.8) is 0 Å². The van der Waals surface area contributed by atoms with Crippen LogP contribution in [0.3, 0.4) is 0 Å². The Morgan fingerprint density at radius 3 is 2.50 bits per heavy atom. The van der Waals surface area contributed by atoms with E-state index in [1.54, 1.807) is 26.0 Å². The van der Waals surface area contributed by atoms with E-state index in [4.69, 9.17) is 15.4 Å². The minimum Gasteiger partial charge on any atom is -0.495 e. The summed E-state index contributed by atoms with van der Waals surface area (Å²) < 4.78 is 10.7. The normalized spacial score (nSPS) is 10.2. The molecule has 0 unspecified atom stereocenters. The lowest BCUT2D eigenvalue weighted by atomic mass is 10.1. The van der Waals surface area contributed by atoms with E-state index in [-0.39, 0.29) is 0 Å². The van der Waals surface area contributed by atoms with Crippen LogP contribution in [0.4, 0.5) is 0 Å². The number of methoxy groups -OCH3 is 2. The minimum atomic E-state index is 0.469. The second kappa shape index (κ2) is 6.62. The van der Waals surface area contributed by atoms with Crippen molar-refractivity contribution in [2.24, 2.45) is 5.90 Å². The summed E-state index contributed by atoms with van der Waals surface area (Å²) in [5.74, 6) is 6.68. The van der Waals surface area contributed by atoms with E-state index in [0.29, 0.717) is 6.61 Å². The highest BCUT2D eigenvalue weighted by Gasteiger charge is 2.13. The van der Waals surface area contributed by atoms with E-state index >= 15 is 0 Å². The SMILES string of the molecule is COc1ccc(CCON)c(OC)c1SC. The van der Waals surface area contributed by atoms with Crippen LogP contribution in [0.15, 0.2) is 17.0 Å². The molecule has 5 heteroatoms. The molecule has 0 aliphatic rings. The molecule has 1 rings (SSSR count). The maximum Gasteiger partial charge on any atom is 0.139 e. The highest BCUT2D eigenvalue weighted by Crippen LogP contribution is 2.39. The van der Waals surface area contributed by atoms with Gasteiger partial charge in [-0.3, -0.25) is 0 Å². The largest absolute Gasteiger partial charge is 0.495 e. The van der Waals surface area contributed by atoms with Gasteiger partial charge in [0.2, 0.25) is 0 Å². The van der Waals surface area contributed by atoms with Gasteiger partial charge in [-0.25, -0.2) is 5.90 Å². The number of nitrogens with two attached hydrogens (primary N) is 1. The molecule has 0 fully saturated rings. The fourth-order valence-corrected chi connectivity index (χ4v) is 2.28. The van der Waals surface area contributed by atoms with Crippen LogP contribution in [0, 0.1) is 0 Å². The van der Waals surface area contributed by atoms with Crippen LogP contribution in [-0.2, 0) is 11.3 Å². The Bertz CT molecular complexity index is 344. The summed E-state index contributed by atoms with van der Waals surface area (Å²) in [5.41, 5.74) is 1.07. The number of rotatable bonds is 6. The highest BCUT2D eigenvalue weighted by atomic mass is 32.2. The molecular weight excluding hydrogens is 226 g/mol. The third-order valence-corrected chi connectivity index (χ3v) is 3.07. The summed E-state index contributed by atoms with van der Waals surface area (Å²) in [6.45, 7) is 0.469. The molecular formula is C11H17NO3S. The fraction of sp³-hybridized carbons (Fsp3) is 0.455. The number of ether oxygens (including phenoxy) is 2. The quantitative estimate of drug-likeness (QED) is 0.610. The first-order valence-electron chi connectivity index (χ1n) is 4.88. The third kappa shape index (κ3) is 2.81. The lowest BCUT2D eigenvalue weighted by Crippen LogP contribution is -2.05.